The van der Waals surface area contributed by atoms with Crippen molar-refractivity contribution in [3.8, 4) is 0 Å². The first-order chi connectivity index (χ1) is 11.5. The second-order valence-electron chi connectivity index (χ2n) is 6.29. The Morgan fingerprint density at radius 3 is 2.83 bits per heavy atom. The standard InChI is InChI=1S/C17H18N2O3S2/c20-16-17(12-13-6-1-2-7-14(13)18-16)9-3-4-10-19(17)24(21,22)15-8-5-11-23-15/h1-2,5-8,11H,3-4,9-10,12H2,(H-,18,20,21,22). The molecule has 2 aliphatic heterocycles. The molecular formula is C17H18N2O3S2. The summed E-state index contributed by atoms with van der Waals surface area (Å²) in [4.78, 5) is 12.9. The number of sulfonamides is 1. The molecule has 1 N–H and O–H groups in total. The van der Waals surface area contributed by atoms with E-state index < -0.39 is 15.9 Å². The van der Waals surface area contributed by atoms with Gasteiger partial charge in [-0.15, -0.1) is 4.31 Å². The van der Waals surface area contributed by atoms with Gasteiger partial charge in [-0.05, 0) is 42.3 Å². The molecule has 1 saturated heterocycles. The van der Waals surface area contributed by atoms with Gasteiger partial charge >= 0.3 is 0 Å². The lowest BCUT2D eigenvalue weighted by molar-refractivity contribution is -0.127. The lowest BCUT2D eigenvalue weighted by Gasteiger charge is -2.47. The summed E-state index contributed by atoms with van der Waals surface area (Å²) in [6.07, 6.45) is 2.62. The first-order valence-electron chi connectivity index (χ1n) is 8.00. The summed E-state index contributed by atoms with van der Waals surface area (Å²) in [5, 5.41) is 4.68. The molecule has 0 radical (unpaired) electrons. The van der Waals surface area contributed by atoms with Crippen molar-refractivity contribution in [1.82, 2.24) is 4.31 Å². The Balaban J connectivity index is 1.80. The molecule has 2 unspecified atom stereocenters. The quantitative estimate of drug-likeness (QED) is 0.835. The Kier molecular flexibility index (Phi) is 3.84. The fourth-order valence-corrected chi connectivity index (χ4v) is 6.62. The number of nitrogens with one attached hydrogen (secondary N) is 1. The third-order valence-electron chi connectivity index (χ3n) is 4.89. The highest BCUT2D eigenvalue weighted by molar-refractivity contribution is 7.97. The Morgan fingerprint density at radius 2 is 2.04 bits per heavy atom. The van der Waals surface area contributed by atoms with Crippen LogP contribution in [0.1, 0.15) is 24.8 Å². The van der Waals surface area contributed by atoms with Gasteiger partial charge < -0.3 is 9.87 Å². The predicted molar refractivity (Wildman–Crippen MR) is 93.5 cm³/mol. The van der Waals surface area contributed by atoms with Gasteiger partial charge in [0.25, 0.3) is 0 Å². The number of amides is 1. The summed E-state index contributed by atoms with van der Waals surface area (Å²) in [5.74, 6) is -0.207. The van der Waals surface area contributed by atoms with Crippen molar-refractivity contribution in [3.05, 3.63) is 47.3 Å². The summed E-state index contributed by atoms with van der Waals surface area (Å²) in [6, 6.07) is 11.0. The Labute approximate surface area is 146 Å². The number of rotatable bonds is 2. The zero-order chi connectivity index (χ0) is 16.8. The number of piperidine rings is 1. The van der Waals surface area contributed by atoms with Gasteiger partial charge in [-0.2, -0.15) is 0 Å². The highest BCUT2D eigenvalue weighted by Gasteiger charge is 2.56. The molecule has 2 atom stereocenters. The normalized spacial score (nSPS) is 26.6. The number of benzene rings is 1. The first kappa shape index (κ1) is 16.0. The maximum Gasteiger partial charge on any atom is 0.249 e. The van der Waals surface area contributed by atoms with Crippen molar-refractivity contribution >= 4 is 33.3 Å². The lowest BCUT2D eigenvalue weighted by Crippen LogP contribution is -2.65. The summed E-state index contributed by atoms with van der Waals surface area (Å²) in [5.41, 5.74) is 0.757. The minimum absolute atomic E-state index is 0.207. The van der Waals surface area contributed by atoms with Gasteiger partial charge in [-0.3, -0.25) is 4.79 Å². The third-order valence-corrected chi connectivity index (χ3v) is 8.23. The van der Waals surface area contributed by atoms with E-state index in [-0.39, 0.29) is 5.91 Å². The van der Waals surface area contributed by atoms with Crippen LogP contribution in [0.5, 0.6) is 0 Å². The molecule has 5 nitrogen and oxygen atoms in total. The molecular weight excluding hydrogens is 344 g/mol. The Morgan fingerprint density at radius 1 is 1.21 bits per heavy atom. The molecule has 1 aromatic heterocycles. The molecule has 0 saturated carbocycles. The van der Waals surface area contributed by atoms with Crippen LogP contribution in [0, 0.1) is 0 Å². The molecule has 3 heterocycles. The van der Waals surface area contributed by atoms with Crippen LogP contribution in [0.3, 0.4) is 0 Å². The average molecular weight is 362 g/mol. The lowest BCUT2D eigenvalue weighted by atomic mass is 9.79. The summed E-state index contributed by atoms with van der Waals surface area (Å²) in [7, 11) is -3.67. The predicted octanol–water partition coefficient (Wildman–Crippen LogP) is 3.07. The Bertz CT molecular complexity index is 821. The zero-order valence-electron chi connectivity index (χ0n) is 13.1. The fraction of sp³-hybridized carbons (Fsp3) is 0.353. The van der Waals surface area contributed by atoms with E-state index in [2.05, 4.69) is 5.32 Å². The summed E-state index contributed by atoms with van der Waals surface area (Å²) in [6.45, 7) is 0.385. The number of para-hydroxylation sites is 1. The molecule has 0 aliphatic carbocycles. The van der Waals surface area contributed by atoms with Crippen molar-refractivity contribution in [2.45, 2.75) is 35.4 Å². The smallest absolute Gasteiger partial charge is 0.249 e. The van der Waals surface area contributed by atoms with E-state index >= 15 is 0 Å². The molecule has 1 fully saturated rings. The number of carbonyl (C=O) groups is 1. The SMILES string of the molecule is O=C1Nc2ccccc2CC12CCCCN2[S+](=O)([O-])c1cccs1. The van der Waals surface area contributed by atoms with Crippen LogP contribution in [-0.2, 0) is 25.8 Å². The number of hydrogen-bond donors (Lipinski definition) is 1. The van der Waals surface area contributed by atoms with Gasteiger partial charge in [-0.25, -0.2) is 0 Å². The molecule has 2 aromatic rings. The second kappa shape index (κ2) is 5.77. The first-order valence-corrected chi connectivity index (χ1v) is 10.3. The van der Waals surface area contributed by atoms with Crippen molar-refractivity contribution in [1.29, 1.82) is 0 Å². The van der Waals surface area contributed by atoms with Gasteiger partial charge in [0.05, 0.1) is 0 Å². The van der Waals surface area contributed by atoms with Crippen molar-refractivity contribution in [2.24, 2.45) is 0 Å². The number of hydrogen-bond acceptors (Lipinski definition) is 4. The van der Waals surface area contributed by atoms with Gasteiger partial charge in [0.1, 0.15) is 5.54 Å². The minimum Gasteiger partial charge on any atom is -0.592 e. The molecule has 4 rings (SSSR count). The number of nitrogens with zero attached hydrogens (tertiary/aromatic N) is 1. The summed E-state index contributed by atoms with van der Waals surface area (Å²) < 4.78 is 28.0. The molecule has 126 valence electrons. The van der Waals surface area contributed by atoms with Crippen molar-refractivity contribution < 1.29 is 13.6 Å². The van der Waals surface area contributed by atoms with Crippen LogP contribution >= 0.6 is 11.3 Å². The maximum atomic E-state index is 13.1. The monoisotopic (exact) mass is 362 g/mol. The second-order valence-corrected chi connectivity index (χ2v) is 9.32. The van der Waals surface area contributed by atoms with E-state index in [1.807, 2.05) is 24.3 Å². The van der Waals surface area contributed by atoms with Crippen LogP contribution in [0.15, 0.2) is 46.0 Å². The number of carbonyl (C=O) groups excluding carboxylic acids is 1. The van der Waals surface area contributed by atoms with Gasteiger partial charge in [0, 0.05) is 24.7 Å². The van der Waals surface area contributed by atoms with Crippen molar-refractivity contribution in [3.63, 3.8) is 0 Å². The van der Waals surface area contributed by atoms with Crippen LogP contribution in [-0.4, -0.2) is 26.8 Å². The Hall–Kier alpha value is -1.54. The molecule has 7 heteroatoms. The highest BCUT2D eigenvalue weighted by Crippen LogP contribution is 2.43. The van der Waals surface area contributed by atoms with Crippen LogP contribution in [0.25, 0.3) is 0 Å². The van der Waals surface area contributed by atoms with Crippen LogP contribution in [0.2, 0.25) is 0 Å². The number of anilines is 1. The largest absolute Gasteiger partial charge is 0.592 e. The van der Waals surface area contributed by atoms with Crippen LogP contribution < -0.4 is 5.32 Å². The summed E-state index contributed by atoms with van der Waals surface area (Å²) >= 11 is 1.20. The van der Waals surface area contributed by atoms with E-state index in [1.54, 1.807) is 17.5 Å². The van der Waals surface area contributed by atoms with E-state index in [4.69, 9.17) is 0 Å². The van der Waals surface area contributed by atoms with E-state index in [0.717, 1.165) is 24.1 Å². The third kappa shape index (κ3) is 2.35. The van der Waals surface area contributed by atoms with E-state index in [9.17, 15) is 13.6 Å². The number of fused-ring (bicyclic) bond motifs is 1. The minimum atomic E-state index is -3.67. The topological polar surface area (TPSA) is 72.5 Å². The molecule has 1 spiro atoms. The number of thiophene rings is 1. The fourth-order valence-electron chi connectivity index (χ4n) is 3.71. The van der Waals surface area contributed by atoms with Gasteiger partial charge in [0.15, 0.2) is 10.4 Å². The molecule has 0 bridgehead atoms. The van der Waals surface area contributed by atoms with E-state index in [0.29, 0.717) is 23.6 Å². The molecule has 24 heavy (non-hydrogen) atoms. The maximum absolute atomic E-state index is 13.1. The highest BCUT2D eigenvalue weighted by atomic mass is 32.3. The van der Waals surface area contributed by atoms with Crippen molar-refractivity contribution in [2.75, 3.05) is 11.9 Å². The zero-order valence-corrected chi connectivity index (χ0v) is 14.7. The molecule has 1 aromatic carbocycles. The van der Waals surface area contributed by atoms with E-state index in [1.165, 1.54) is 15.6 Å². The van der Waals surface area contributed by atoms with Crippen LogP contribution in [0.4, 0.5) is 5.69 Å². The molecule has 1 amide bonds. The molecule has 2 aliphatic rings. The average Bonchev–Trinajstić information content (AvgIpc) is 3.12. The van der Waals surface area contributed by atoms with Gasteiger partial charge in [0.2, 0.25) is 10.1 Å². The van der Waals surface area contributed by atoms with Gasteiger partial charge in [-0.1, -0.05) is 33.7 Å².